The predicted octanol–water partition coefficient (Wildman–Crippen LogP) is 1.25. The number of Topliss-reactive ketones (excluding diaryl/α,β-unsaturated/α-hetero) is 1. The minimum absolute atomic E-state index is 0.0599. The van der Waals surface area contributed by atoms with Gasteiger partial charge in [0, 0.05) is 45.3 Å². The highest BCUT2D eigenvalue weighted by molar-refractivity contribution is 6.01. The third-order valence-corrected chi connectivity index (χ3v) is 4.88. The highest BCUT2D eigenvalue weighted by Crippen LogP contribution is 2.23. The number of carbonyl (C=O) groups excluding carboxylic acids is 1. The summed E-state index contributed by atoms with van der Waals surface area (Å²) >= 11 is 0. The first-order valence-electron chi connectivity index (χ1n) is 8.80. The van der Waals surface area contributed by atoms with Crippen LogP contribution in [0.4, 0.5) is 11.6 Å². The first-order chi connectivity index (χ1) is 12.1. The van der Waals surface area contributed by atoms with Crippen LogP contribution in [0.2, 0.25) is 0 Å². The number of carbonyl (C=O) groups is 1. The first kappa shape index (κ1) is 16.3. The quantitative estimate of drug-likeness (QED) is 0.805. The van der Waals surface area contributed by atoms with E-state index in [-0.39, 0.29) is 17.9 Å². The van der Waals surface area contributed by atoms with Crippen molar-refractivity contribution in [2.45, 2.75) is 31.4 Å². The van der Waals surface area contributed by atoms with Gasteiger partial charge in [-0.15, -0.1) is 0 Å². The average Bonchev–Trinajstić information content (AvgIpc) is 3.00. The van der Waals surface area contributed by atoms with Crippen molar-refractivity contribution >= 4 is 23.1 Å². The lowest BCUT2D eigenvalue weighted by Crippen LogP contribution is -2.47. The van der Waals surface area contributed by atoms with Gasteiger partial charge in [-0.25, -0.2) is 4.98 Å². The van der Waals surface area contributed by atoms with Crippen molar-refractivity contribution in [2.24, 2.45) is 0 Å². The molecule has 4 rings (SSSR count). The number of rotatable bonds is 1. The summed E-state index contributed by atoms with van der Waals surface area (Å²) in [5.41, 5.74) is 1.17. The molecule has 2 unspecified atom stereocenters. The maximum absolute atomic E-state index is 12.6. The van der Waals surface area contributed by atoms with Crippen LogP contribution in [0.1, 0.15) is 29.6 Å². The molecule has 8 nitrogen and oxygen atoms in total. The summed E-state index contributed by atoms with van der Waals surface area (Å²) in [5.74, 6) is 1.62. The van der Waals surface area contributed by atoms with Crippen molar-refractivity contribution in [3.05, 3.63) is 17.8 Å². The zero-order chi connectivity index (χ0) is 17.4. The Kier molecular flexibility index (Phi) is 4.30. The van der Waals surface area contributed by atoms with Gasteiger partial charge in [-0.05, 0) is 19.9 Å². The monoisotopic (exact) mass is 344 g/mol. The van der Waals surface area contributed by atoms with Crippen LogP contribution in [-0.4, -0.2) is 71.2 Å². The molecule has 0 aromatic carbocycles. The van der Waals surface area contributed by atoms with E-state index in [9.17, 15) is 4.79 Å². The fourth-order valence-corrected chi connectivity index (χ4v) is 3.73. The summed E-state index contributed by atoms with van der Waals surface area (Å²) in [5, 5.41) is 11.0. The number of anilines is 2. The van der Waals surface area contributed by atoms with E-state index in [0.717, 1.165) is 31.1 Å². The normalized spacial score (nSPS) is 25.1. The first-order valence-corrected chi connectivity index (χ1v) is 8.80. The lowest BCUT2D eigenvalue weighted by molar-refractivity contribution is 0.00151. The minimum atomic E-state index is 0.0599. The van der Waals surface area contributed by atoms with Crippen molar-refractivity contribution in [3.63, 3.8) is 0 Å². The van der Waals surface area contributed by atoms with Gasteiger partial charge in [0.15, 0.2) is 11.4 Å². The lowest BCUT2D eigenvalue weighted by Gasteiger charge is -2.36. The Morgan fingerprint density at radius 1 is 1.40 bits per heavy atom. The molecule has 0 spiro atoms. The summed E-state index contributed by atoms with van der Waals surface area (Å²) < 4.78 is 7.70. The summed E-state index contributed by atoms with van der Waals surface area (Å²) in [6, 6.07) is 2.18. The van der Waals surface area contributed by atoms with Crippen LogP contribution in [0.25, 0.3) is 5.65 Å². The molecule has 134 valence electrons. The maximum Gasteiger partial charge on any atom is 0.170 e. The van der Waals surface area contributed by atoms with E-state index in [0.29, 0.717) is 30.7 Å². The molecule has 2 aliphatic heterocycles. The smallest absolute Gasteiger partial charge is 0.170 e. The molecule has 0 saturated carbocycles. The fourth-order valence-electron chi connectivity index (χ4n) is 3.73. The van der Waals surface area contributed by atoms with Crippen LogP contribution in [0.15, 0.2) is 12.3 Å². The maximum atomic E-state index is 12.6. The van der Waals surface area contributed by atoms with Crippen LogP contribution in [0.3, 0.4) is 0 Å². The number of likely N-dealkylation sites (N-methyl/N-ethyl adjacent to an activating group) is 1. The van der Waals surface area contributed by atoms with Crippen molar-refractivity contribution < 1.29 is 9.53 Å². The van der Waals surface area contributed by atoms with E-state index >= 15 is 0 Å². The number of ether oxygens (including phenoxy) is 1. The molecule has 8 heteroatoms. The van der Waals surface area contributed by atoms with Crippen LogP contribution >= 0.6 is 0 Å². The van der Waals surface area contributed by atoms with Gasteiger partial charge in [0.25, 0.3) is 0 Å². The van der Waals surface area contributed by atoms with Gasteiger partial charge in [0.1, 0.15) is 11.6 Å². The van der Waals surface area contributed by atoms with Gasteiger partial charge in [-0.3, -0.25) is 4.79 Å². The molecule has 1 fully saturated rings. The number of nitrogens with one attached hydrogen (secondary N) is 2. The Balaban J connectivity index is 1.76. The van der Waals surface area contributed by atoms with Crippen molar-refractivity contribution in [2.75, 3.05) is 44.4 Å². The Morgan fingerprint density at radius 3 is 3.12 bits per heavy atom. The second kappa shape index (κ2) is 6.61. The highest BCUT2D eigenvalue weighted by Gasteiger charge is 2.27. The lowest BCUT2D eigenvalue weighted by atomic mass is 10.0. The predicted molar refractivity (Wildman–Crippen MR) is 95.4 cm³/mol. The molecule has 0 aliphatic carbocycles. The van der Waals surface area contributed by atoms with Gasteiger partial charge >= 0.3 is 0 Å². The number of fused-ring (bicyclic) bond motifs is 3. The SMILES string of the molecule is CNc1cc2nc3c(cnn13)C(=O)CCCOC1CC(CN(C)C1)N2. The summed E-state index contributed by atoms with van der Waals surface area (Å²) in [6.07, 6.45) is 3.89. The molecule has 1 saturated heterocycles. The highest BCUT2D eigenvalue weighted by atomic mass is 16.5. The van der Waals surface area contributed by atoms with Crippen molar-refractivity contribution in [1.82, 2.24) is 19.5 Å². The van der Waals surface area contributed by atoms with Crippen LogP contribution in [0.5, 0.6) is 0 Å². The minimum Gasteiger partial charge on any atom is -0.377 e. The van der Waals surface area contributed by atoms with E-state index in [2.05, 4.69) is 32.7 Å². The number of hydrogen-bond donors (Lipinski definition) is 2. The third-order valence-electron chi connectivity index (χ3n) is 4.88. The number of likely N-dealkylation sites (tertiary alicyclic amines) is 1. The molecule has 2 aliphatic rings. The van der Waals surface area contributed by atoms with Gasteiger partial charge in [0.2, 0.25) is 0 Å². The van der Waals surface area contributed by atoms with Crippen LogP contribution < -0.4 is 10.6 Å². The number of ketones is 1. The molecular weight excluding hydrogens is 320 g/mol. The standard InChI is InChI=1S/C17H24N6O2/c1-18-16-7-15-20-11-6-12(10-22(2)9-11)25-5-3-4-14(24)13-8-19-23(16)17(13)21-15/h7-8,11-12,18H,3-6,9-10H2,1-2H3,(H,20,21). The Bertz CT molecular complexity index is 789. The molecule has 0 amide bonds. The zero-order valence-electron chi connectivity index (χ0n) is 14.7. The largest absolute Gasteiger partial charge is 0.377 e. The Morgan fingerprint density at radius 2 is 2.28 bits per heavy atom. The van der Waals surface area contributed by atoms with Crippen molar-refractivity contribution in [3.8, 4) is 0 Å². The van der Waals surface area contributed by atoms with Crippen molar-refractivity contribution in [1.29, 1.82) is 0 Å². The zero-order valence-corrected chi connectivity index (χ0v) is 14.7. The van der Waals surface area contributed by atoms with E-state index in [4.69, 9.17) is 4.74 Å². The average molecular weight is 344 g/mol. The van der Waals surface area contributed by atoms with Gasteiger partial charge in [-0.2, -0.15) is 9.61 Å². The van der Waals surface area contributed by atoms with E-state index in [1.54, 1.807) is 10.7 Å². The molecule has 2 aromatic heterocycles. The fraction of sp³-hybridized carbons (Fsp3) is 0.588. The molecule has 4 heterocycles. The number of nitrogens with zero attached hydrogens (tertiary/aromatic N) is 4. The van der Waals surface area contributed by atoms with E-state index in [1.165, 1.54) is 0 Å². The molecule has 25 heavy (non-hydrogen) atoms. The Hall–Kier alpha value is -2.19. The van der Waals surface area contributed by atoms with E-state index in [1.807, 2.05) is 13.1 Å². The second-order valence-corrected chi connectivity index (χ2v) is 6.89. The van der Waals surface area contributed by atoms with E-state index < -0.39 is 0 Å². The molecule has 4 bridgehead atoms. The number of aromatic nitrogens is 3. The molecule has 2 aromatic rings. The summed E-state index contributed by atoms with van der Waals surface area (Å²) in [4.78, 5) is 19.5. The molecule has 2 N–H and O–H groups in total. The molecule has 0 radical (unpaired) electrons. The van der Waals surface area contributed by atoms with Crippen LogP contribution in [0, 0.1) is 0 Å². The van der Waals surface area contributed by atoms with Gasteiger partial charge in [-0.1, -0.05) is 0 Å². The topological polar surface area (TPSA) is 83.8 Å². The third kappa shape index (κ3) is 3.19. The van der Waals surface area contributed by atoms with Gasteiger partial charge < -0.3 is 20.3 Å². The molecular formula is C17H24N6O2. The Labute approximate surface area is 146 Å². The molecule has 2 atom stereocenters. The number of piperidine rings is 1. The second-order valence-electron chi connectivity index (χ2n) is 6.89. The van der Waals surface area contributed by atoms with Crippen LogP contribution in [-0.2, 0) is 4.74 Å². The van der Waals surface area contributed by atoms with Gasteiger partial charge in [0.05, 0.1) is 17.9 Å². The summed E-state index contributed by atoms with van der Waals surface area (Å²) in [6.45, 7) is 2.46. The summed E-state index contributed by atoms with van der Waals surface area (Å²) in [7, 11) is 3.95. The number of hydrogen-bond acceptors (Lipinski definition) is 7.